The topological polar surface area (TPSA) is 42.2 Å². The third kappa shape index (κ3) is 7.14. The Balaban J connectivity index is 4.57. The lowest BCUT2D eigenvalue weighted by atomic mass is 10.2. The number of alkyl halides is 1. The zero-order valence-electron chi connectivity index (χ0n) is 11.0. The van der Waals surface area contributed by atoms with Gasteiger partial charge in [0, 0.05) is 5.33 Å². The number of hydrogen-bond donors (Lipinski definition) is 0. The molecule has 0 aromatic heterocycles. The Kier molecular flexibility index (Phi) is 9.86. The summed E-state index contributed by atoms with van der Waals surface area (Å²) in [5, 5.41) is 9.77. The van der Waals surface area contributed by atoms with Crippen LogP contribution in [0.3, 0.4) is 0 Å². The largest absolute Gasteiger partial charge is 0.322 e. The van der Waals surface area contributed by atoms with Gasteiger partial charge in [-0.3, -0.25) is 0 Å². The highest BCUT2D eigenvalue weighted by Crippen LogP contribution is 2.64. The number of nitriles is 1. The molecule has 0 N–H and O–H groups in total. The number of thioether (sulfide) groups is 1. The Morgan fingerprint density at radius 2 is 1.94 bits per heavy atom. The van der Waals surface area contributed by atoms with Crippen molar-refractivity contribution in [1.29, 1.82) is 5.26 Å². The van der Waals surface area contributed by atoms with Crippen molar-refractivity contribution in [2.24, 2.45) is 0 Å². The Morgan fingerprint density at radius 3 is 2.28 bits per heavy atom. The Bertz CT molecular complexity index is 330. The SMILES string of the molecule is CCOP(=S)(OCC)SC(C)SC(C)(C#N)CBr. The zero-order valence-corrected chi connectivity index (χ0v) is 15.9. The van der Waals surface area contributed by atoms with Crippen LogP contribution in [0.4, 0.5) is 0 Å². The van der Waals surface area contributed by atoms with E-state index in [0.29, 0.717) is 18.5 Å². The van der Waals surface area contributed by atoms with Crippen molar-refractivity contribution in [2.45, 2.75) is 37.0 Å². The number of hydrogen-bond acceptors (Lipinski definition) is 6. The molecule has 0 saturated heterocycles. The highest BCUT2D eigenvalue weighted by atomic mass is 79.9. The molecule has 8 heteroatoms. The van der Waals surface area contributed by atoms with Crippen LogP contribution in [0, 0.1) is 11.3 Å². The molecule has 0 aliphatic carbocycles. The van der Waals surface area contributed by atoms with E-state index in [1.807, 2.05) is 27.7 Å². The summed E-state index contributed by atoms with van der Waals surface area (Å²) in [5.74, 6) is 0. The van der Waals surface area contributed by atoms with Gasteiger partial charge in [-0.25, -0.2) is 0 Å². The van der Waals surface area contributed by atoms with Crippen molar-refractivity contribution in [3.05, 3.63) is 0 Å². The minimum Gasteiger partial charge on any atom is -0.322 e. The molecule has 0 spiro atoms. The molecular weight excluding hydrogens is 373 g/mol. The number of rotatable bonds is 9. The van der Waals surface area contributed by atoms with Crippen LogP contribution in [-0.4, -0.2) is 27.9 Å². The van der Waals surface area contributed by atoms with Crippen molar-refractivity contribution in [2.75, 3.05) is 18.5 Å². The third-order valence-corrected chi connectivity index (χ3v) is 10.8. The lowest BCUT2D eigenvalue weighted by Crippen LogP contribution is -2.21. The van der Waals surface area contributed by atoms with Crippen molar-refractivity contribution in [3.8, 4) is 6.07 Å². The first-order valence-corrected chi connectivity index (χ1v) is 11.7. The minimum absolute atomic E-state index is 0.149. The van der Waals surface area contributed by atoms with Gasteiger partial charge in [-0.15, -0.1) is 11.8 Å². The van der Waals surface area contributed by atoms with E-state index in [9.17, 15) is 0 Å². The molecule has 2 unspecified atom stereocenters. The first kappa shape index (κ1) is 19.2. The Morgan fingerprint density at radius 1 is 1.44 bits per heavy atom. The maximum Gasteiger partial charge on any atom is 0.248 e. The van der Waals surface area contributed by atoms with Gasteiger partial charge in [0.2, 0.25) is 5.69 Å². The van der Waals surface area contributed by atoms with E-state index in [4.69, 9.17) is 26.1 Å². The summed E-state index contributed by atoms with van der Waals surface area (Å²) in [6.07, 6.45) is 0. The average molecular weight is 392 g/mol. The van der Waals surface area contributed by atoms with Crippen LogP contribution in [0.25, 0.3) is 0 Å². The first-order valence-electron chi connectivity index (χ1n) is 5.57. The molecule has 0 aromatic rings. The van der Waals surface area contributed by atoms with Crippen LogP contribution in [0.2, 0.25) is 0 Å². The molecule has 106 valence electrons. The van der Waals surface area contributed by atoms with E-state index in [-0.39, 0.29) is 4.58 Å². The summed E-state index contributed by atoms with van der Waals surface area (Å²) in [4.78, 5) is 0. The molecule has 0 amide bonds. The van der Waals surface area contributed by atoms with Crippen LogP contribution in [0.15, 0.2) is 0 Å². The van der Waals surface area contributed by atoms with Gasteiger partial charge in [0.05, 0.1) is 23.9 Å². The molecule has 0 saturated carbocycles. The van der Waals surface area contributed by atoms with E-state index in [0.717, 1.165) is 0 Å². The third-order valence-electron chi connectivity index (χ3n) is 1.77. The second kappa shape index (κ2) is 9.23. The van der Waals surface area contributed by atoms with Crippen molar-refractivity contribution in [1.82, 2.24) is 0 Å². The molecule has 0 fully saturated rings. The molecule has 2 atom stereocenters. The Hall–Kier alpha value is 1.24. The van der Waals surface area contributed by atoms with E-state index in [1.165, 1.54) is 11.4 Å². The fourth-order valence-corrected chi connectivity index (χ4v) is 10.2. The first-order chi connectivity index (χ1) is 8.34. The zero-order chi connectivity index (χ0) is 14.2. The molecule has 0 bridgehead atoms. The van der Waals surface area contributed by atoms with Crippen molar-refractivity contribution in [3.63, 3.8) is 0 Å². The van der Waals surface area contributed by atoms with Crippen molar-refractivity contribution >= 4 is 56.6 Å². The summed E-state index contributed by atoms with van der Waals surface area (Å²) in [6.45, 7) is 8.87. The van der Waals surface area contributed by atoms with Gasteiger partial charge in [0.25, 0.3) is 0 Å². The molecule has 0 heterocycles. The number of nitrogens with zero attached hydrogens (tertiary/aromatic N) is 1. The second-order valence-corrected chi connectivity index (χ2v) is 12.8. The predicted molar refractivity (Wildman–Crippen MR) is 90.0 cm³/mol. The average Bonchev–Trinajstić information content (AvgIpc) is 2.28. The van der Waals surface area contributed by atoms with E-state index < -0.39 is 10.4 Å². The van der Waals surface area contributed by atoms with Crippen LogP contribution < -0.4 is 0 Å². The normalized spacial score (nSPS) is 16.9. The highest BCUT2D eigenvalue weighted by molar-refractivity contribution is 9.09. The fraction of sp³-hybridized carbons (Fsp3) is 0.900. The summed E-state index contributed by atoms with van der Waals surface area (Å²) in [6, 6.07) is 2.31. The maximum atomic E-state index is 9.15. The molecule has 0 aliphatic heterocycles. The molecule has 3 nitrogen and oxygen atoms in total. The summed E-state index contributed by atoms with van der Waals surface area (Å²) >= 11 is 11.9. The maximum absolute atomic E-state index is 9.15. The van der Waals surface area contributed by atoms with E-state index in [1.54, 1.807) is 11.8 Å². The molecule has 18 heavy (non-hydrogen) atoms. The van der Waals surface area contributed by atoms with E-state index >= 15 is 0 Å². The van der Waals surface area contributed by atoms with E-state index in [2.05, 4.69) is 22.0 Å². The molecule has 0 aliphatic rings. The van der Waals surface area contributed by atoms with Gasteiger partial charge in [-0.2, -0.15) is 5.26 Å². The monoisotopic (exact) mass is 391 g/mol. The molecule has 0 rings (SSSR count). The predicted octanol–water partition coefficient (Wildman–Crippen LogP) is 4.77. The minimum atomic E-state index is -2.28. The molecule has 0 radical (unpaired) electrons. The lowest BCUT2D eigenvalue weighted by Gasteiger charge is -2.27. The summed E-state index contributed by atoms with van der Waals surface area (Å²) in [7, 11) is 0. The van der Waals surface area contributed by atoms with Crippen LogP contribution >= 0.6 is 44.8 Å². The highest BCUT2D eigenvalue weighted by Gasteiger charge is 2.30. The van der Waals surface area contributed by atoms with Crippen molar-refractivity contribution < 1.29 is 9.05 Å². The molecule has 0 aromatic carbocycles. The fourth-order valence-electron chi connectivity index (χ4n) is 1.07. The van der Waals surface area contributed by atoms with Gasteiger partial charge in [-0.1, -0.05) is 27.3 Å². The van der Waals surface area contributed by atoms with Crippen LogP contribution in [0.5, 0.6) is 0 Å². The second-order valence-electron chi connectivity index (χ2n) is 3.55. The van der Waals surface area contributed by atoms with Gasteiger partial charge in [0.15, 0.2) is 0 Å². The van der Waals surface area contributed by atoms with Gasteiger partial charge in [-0.05, 0) is 39.5 Å². The summed E-state index contributed by atoms with van der Waals surface area (Å²) < 4.78 is 10.9. The van der Waals surface area contributed by atoms with Gasteiger partial charge >= 0.3 is 0 Å². The lowest BCUT2D eigenvalue weighted by molar-refractivity contribution is 0.280. The molecular formula is C10H19BrNO2PS3. The van der Waals surface area contributed by atoms with Crippen LogP contribution in [0.1, 0.15) is 27.7 Å². The van der Waals surface area contributed by atoms with Crippen LogP contribution in [-0.2, 0) is 20.9 Å². The Labute approximate surface area is 132 Å². The van der Waals surface area contributed by atoms with Gasteiger partial charge in [0.1, 0.15) is 4.75 Å². The standard InChI is InChI=1S/C10H19BrNO2PS3/c1-5-13-15(16,14-6-2)18-9(3)17-10(4,7-11)8-12/h9H,5-7H2,1-4H3. The number of halogens is 1. The quantitative estimate of drug-likeness (QED) is 0.320. The smallest absolute Gasteiger partial charge is 0.248 e. The van der Waals surface area contributed by atoms with Gasteiger partial charge < -0.3 is 9.05 Å². The summed E-state index contributed by atoms with van der Waals surface area (Å²) in [5.41, 5.74) is -2.28.